The standard InChI is InChI=1S/C73H136O6/c1-4-7-10-13-16-19-22-24-26-28-30-31-32-33-34-35-36-37-38-39-40-41-43-44-46-48-51-54-57-60-63-66-72(75)78-69-70(68-77-71(74)65-62-59-56-53-50-21-18-15-12-9-6-3)79-73(76)67-64-61-58-55-52-49-47-45-42-29-27-25-23-20-17-14-11-8-5-2/h15,18,25,27-28,30,70H,4-14,16-17,19-24,26,29,31-69H2,1-3H3/b18-15-,27-25-,30-28-. The fourth-order valence-corrected chi connectivity index (χ4v) is 10.7. The van der Waals surface area contributed by atoms with E-state index in [-0.39, 0.29) is 31.1 Å². The predicted octanol–water partition coefficient (Wildman–Crippen LogP) is 24.3. The van der Waals surface area contributed by atoms with Gasteiger partial charge in [0.25, 0.3) is 0 Å². The number of carbonyl (C=O) groups excluding carboxylic acids is 3. The third-order valence-corrected chi connectivity index (χ3v) is 16.1. The summed E-state index contributed by atoms with van der Waals surface area (Å²) < 4.78 is 16.9. The van der Waals surface area contributed by atoms with Gasteiger partial charge in [-0.15, -0.1) is 0 Å². The minimum Gasteiger partial charge on any atom is -0.462 e. The Morgan fingerprint density at radius 3 is 0.671 bits per heavy atom. The highest BCUT2D eigenvalue weighted by Crippen LogP contribution is 2.18. The van der Waals surface area contributed by atoms with E-state index in [1.165, 1.54) is 289 Å². The fourth-order valence-electron chi connectivity index (χ4n) is 10.7. The highest BCUT2D eigenvalue weighted by Gasteiger charge is 2.19. The van der Waals surface area contributed by atoms with Gasteiger partial charge in [-0.05, 0) is 89.9 Å². The summed E-state index contributed by atoms with van der Waals surface area (Å²) in [6.45, 7) is 6.65. The van der Waals surface area contributed by atoms with Crippen molar-refractivity contribution in [2.45, 2.75) is 399 Å². The highest BCUT2D eigenvalue weighted by atomic mass is 16.6. The van der Waals surface area contributed by atoms with Crippen LogP contribution in [0.15, 0.2) is 36.5 Å². The summed E-state index contributed by atoms with van der Waals surface area (Å²) in [5, 5.41) is 0. The average molecular weight is 1110 g/mol. The number of allylic oxidation sites excluding steroid dienone is 6. The Kier molecular flexibility index (Phi) is 66.1. The molecule has 0 aromatic heterocycles. The molecule has 0 aliphatic heterocycles. The molecule has 0 heterocycles. The molecule has 79 heavy (non-hydrogen) atoms. The molecule has 6 nitrogen and oxygen atoms in total. The molecule has 0 aliphatic carbocycles. The quantitative estimate of drug-likeness (QED) is 0.0261. The summed E-state index contributed by atoms with van der Waals surface area (Å²) in [5.41, 5.74) is 0. The molecular formula is C73H136O6. The van der Waals surface area contributed by atoms with Crippen molar-refractivity contribution in [3.8, 4) is 0 Å². The summed E-state index contributed by atoms with van der Waals surface area (Å²) in [4.78, 5) is 38.3. The number of ether oxygens (including phenoxy) is 3. The van der Waals surface area contributed by atoms with Crippen LogP contribution in [0.4, 0.5) is 0 Å². The third-order valence-electron chi connectivity index (χ3n) is 16.1. The second-order valence-corrected chi connectivity index (χ2v) is 24.1. The summed E-state index contributed by atoms with van der Waals surface area (Å²) in [5.74, 6) is -0.858. The van der Waals surface area contributed by atoms with E-state index in [0.717, 1.165) is 64.2 Å². The molecule has 464 valence electrons. The average Bonchev–Trinajstić information content (AvgIpc) is 3.45. The van der Waals surface area contributed by atoms with E-state index in [0.29, 0.717) is 19.3 Å². The molecule has 0 rings (SSSR count). The van der Waals surface area contributed by atoms with E-state index in [1.54, 1.807) is 0 Å². The summed E-state index contributed by atoms with van der Waals surface area (Å²) >= 11 is 0. The lowest BCUT2D eigenvalue weighted by Crippen LogP contribution is -2.30. The summed E-state index contributed by atoms with van der Waals surface area (Å²) in [7, 11) is 0. The molecule has 0 spiro atoms. The molecule has 1 atom stereocenters. The van der Waals surface area contributed by atoms with Gasteiger partial charge >= 0.3 is 17.9 Å². The van der Waals surface area contributed by atoms with Crippen LogP contribution >= 0.6 is 0 Å². The van der Waals surface area contributed by atoms with Crippen molar-refractivity contribution in [2.75, 3.05) is 13.2 Å². The fraction of sp³-hybridized carbons (Fsp3) is 0.877. The van der Waals surface area contributed by atoms with Gasteiger partial charge in [0.1, 0.15) is 13.2 Å². The topological polar surface area (TPSA) is 78.9 Å². The lowest BCUT2D eigenvalue weighted by atomic mass is 10.0. The SMILES string of the molecule is CCCC/C=C\CCCCCCCC(=O)OCC(COC(=O)CCCCCCCCCCCCCCCCCCCCC/C=C\CCCCCCCCCC)OC(=O)CCCCCCCCCCC/C=C\CCCCCCCC. The zero-order chi connectivity index (χ0) is 57.1. The van der Waals surface area contributed by atoms with E-state index < -0.39 is 6.10 Å². The van der Waals surface area contributed by atoms with Crippen molar-refractivity contribution in [3.05, 3.63) is 36.5 Å². The summed E-state index contributed by atoms with van der Waals surface area (Å²) in [6.07, 6.45) is 84.8. The zero-order valence-electron chi connectivity index (χ0n) is 53.4. The van der Waals surface area contributed by atoms with Crippen molar-refractivity contribution < 1.29 is 28.6 Å². The van der Waals surface area contributed by atoms with E-state index in [4.69, 9.17) is 14.2 Å². The molecule has 0 N–H and O–H groups in total. The first-order chi connectivity index (χ1) is 39.0. The first-order valence-corrected chi connectivity index (χ1v) is 35.5. The molecule has 0 saturated carbocycles. The maximum absolute atomic E-state index is 12.9. The first-order valence-electron chi connectivity index (χ1n) is 35.5. The number of unbranched alkanes of at least 4 members (excludes halogenated alkanes) is 49. The smallest absolute Gasteiger partial charge is 0.306 e. The maximum atomic E-state index is 12.9. The van der Waals surface area contributed by atoms with Crippen LogP contribution in [0, 0.1) is 0 Å². The minimum atomic E-state index is -0.775. The minimum absolute atomic E-state index is 0.0711. The Hall–Kier alpha value is -2.37. The number of hydrogen-bond donors (Lipinski definition) is 0. The van der Waals surface area contributed by atoms with Gasteiger partial charge in [-0.3, -0.25) is 14.4 Å². The van der Waals surface area contributed by atoms with Gasteiger partial charge in [-0.25, -0.2) is 0 Å². The van der Waals surface area contributed by atoms with Crippen LogP contribution in [-0.4, -0.2) is 37.2 Å². The summed E-state index contributed by atoms with van der Waals surface area (Å²) in [6, 6.07) is 0. The molecule has 0 aliphatic rings. The van der Waals surface area contributed by atoms with Crippen molar-refractivity contribution in [2.24, 2.45) is 0 Å². The second kappa shape index (κ2) is 68.1. The van der Waals surface area contributed by atoms with Crippen LogP contribution in [-0.2, 0) is 28.6 Å². The van der Waals surface area contributed by atoms with Crippen molar-refractivity contribution in [3.63, 3.8) is 0 Å². The van der Waals surface area contributed by atoms with Gasteiger partial charge in [-0.2, -0.15) is 0 Å². The van der Waals surface area contributed by atoms with Gasteiger partial charge in [0.15, 0.2) is 6.10 Å². The lowest BCUT2D eigenvalue weighted by molar-refractivity contribution is -0.167. The van der Waals surface area contributed by atoms with Crippen LogP contribution in [0.1, 0.15) is 393 Å². The molecule has 0 amide bonds. The zero-order valence-corrected chi connectivity index (χ0v) is 53.4. The Morgan fingerprint density at radius 1 is 0.241 bits per heavy atom. The molecule has 0 bridgehead atoms. The van der Waals surface area contributed by atoms with Gasteiger partial charge in [-0.1, -0.05) is 320 Å². The first kappa shape index (κ1) is 76.6. The van der Waals surface area contributed by atoms with Crippen LogP contribution < -0.4 is 0 Å². The van der Waals surface area contributed by atoms with Gasteiger partial charge in [0.2, 0.25) is 0 Å². The Morgan fingerprint density at radius 2 is 0.430 bits per heavy atom. The predicted molar refractivity (Wildman–Crippen MR) is 344 cm³/mol. The van der Waals surface area contributed by atoms with Gasteiger partial charge in [0.05, 0.1) is 0 Å². The normalized spacial score (nSPS) is 12.2. The number of rotatable bonds is 66. The second-order valence-electron chi connectivity index (χ2n) is 24.1. The van der Waals surface area contributed by atoms with E-state index >= 15 is 0 Å². The maximum Gasteiger partial charge on any atom is 0.306 e. The monoisotopic (exact) mass is 1110 g/mol. The van der Waals surface area contributed by atoms with Gasteiger partial charge in [0, 0.05) is 19.3 Å². The Bertz CT molecular complexity index is 1320. The molecule has 6 heteroatoms. The number of hydrogen-bond acceptors (Lipinski definition) is 6. The van der Waals surface area contributed by atoms with Crippen molar-refractivity contribution in [1.29, 1.82) is 0 Å². The van der Waals surface area contributed by atoms with Crippen LogP contribution in [0.2, 0.25) is 0 Å². The third kappa shape index (κ3) is 66.3. The van der Waals surface area contributed by atoms with Gasteiger partial charge < -0.3 is 14.2 Å². The lowest BCUT2D eigenvalue weighted by Gasteiger charge is -2.18. The molecule has 0 radical (unpaired) electrons. The van der Waals surface area contributed by atoms with Crippen molar-refractivity contribution in [1.82, 2.24) is 0 Å². The van der Waals surface area contributed by atoms with E-state index in [1.807, 2.05) is 0 Å². The van der Waals surface area contributed by atoms with E-state index in [9.17, 15) is 14.4 Å². The highest BCUT2D eigenvalue weighted by molar-refractivity contribution is 5.71. The Balaban J connectivity index is 4.11. The molecule has 0 fully saturated rings. The van der Waals surface area contributed by atoms with Crippen LogP contribution in [0.25, 0.3) is 0 Å². The van der Waals surface area contributed by atoms with Crippen molar-refractivity contribution >= 4 is 17.9 Å². The Labute approximate surface area is 493 Å². The largest absolute Gasteiger partial charge is 0.462 e. The molecule has 0 aromatic carbocycles. The number of esters is 3. The molecule has 0 aromatic rings. The molecule has 1 unspecified atom stereocenters. The molecular weight excluding hydrogens is 973 g/mol. The molecule has 0 saturated heterocycles. The van der Waals surface area contributed by atoms with Crippen LogP contribution in [0.5, 0.6) is 0 Å². The van der Waals surface area contributed by atoms with E-state index in [2.05, 4.69) is 57.2 Å². The van der Waals surface area contributed by atoms with Crippen LogP contribution in [0.3, 0.4) is 0 Å². The number of carbonyl (C=O) groups is 3.